The van der Waals surface area contributed by atoms with Crippen LogP contribution in [0.4, 0.5) is 0 Å². The molecule has 0 aliphatic carbocycles. The van der Waals surface area contributed by atoms with E-state index < -0.39 is 0 Å². The summed E-state index contributed by atoms with van der Waals surface area (Å²) in [5.41, 5.74) is 0.422. The Bertz CT molecular complexity index is 406. The highest BCUT2D eigenvalue weighted by atomic mass is 16.5. The van der Waals surface area contributed by atoms with Crippen molar-refractivity contribution >= 4 is 5.97 Å². The van der Waals surface area contributed by atoms with Crippen LogP contribution in [0.3, 0.4) is 0 Å². The maximum Gasteiger partial charge on any atom is 0.336 e. The van der Waals surface area contributed by atoms with Crippen molar-refractivity contribution in [2.45, 2.75) is 20.8 Å². The number of rotatable bonds is 6. The van der Waals surface area contributed by atoms with Gasteiger partial charge in [-0.1, -0.05) is 0 Å². The molecule has 0 bridgehead atoms. The minimum absolute atomic E-state index is 0.354. The van der Waals surface area contributed by atoms with Crippen LogP contribution in [-0.2, 0) is 9.53 Å². The molecular weight excluding hydrogens is 232 g/mol. The van der Waals surface area contributed by atoms with Crippen molar-refractivity contribution < 1.29 is 19.0 Å². The third-order valence-electron chi connectivity index (χ3n) is 2.10. The summed E-state index contributed by atoms with van der Waals surface area (Å²) in [6.07, 6.45) is 1.38. The Balaban J connectivity index is 2.57. The summed E-state index contributed by atoms with van der Waals surface area (Å²) in [7, 11) is 0. The number of benzene rings is 1. The first-order valence-corrected chi connectivity index (χ1v) is 5.90. The number of esters is 1. The van der Waals surface area contributed by atoms with Gasteiger partial charge in [-0.25, -0.2) is 4.79 Å². The Morgan fingerprint density at radius 2 is 1.72 bits per heavy atom. The Morgan fingerprint density at radius 1 is 1.11 bits per heavy atom. The van der Waals surface area contributed by atoms with E-state index in [0.29, 0.717) is 24.5 Å². The minimum Gasteiger partial charge on any atom is -0.494 e. The van der Waals surface area contributed by atoms with Gasteiger partial charge in [0.25, 0.3) is 0 Å². The maximum atomic E-state index is 11.3. The average Bonchev–Trinajstić information content (AvgIpc) is 2.38. The lowest BCUT2D eigenvalue weighted by molar-refractivity contribution is -0.138. The summed E-state index contributed by atoms with van der Waals surface area (Å²) in [5, 5.41) is 0. The lowest BCUT2D eigenvalue weighted by Crippen LogP contribution is -2.06. The Morgan fingerprint density at radius 3 is 2.28 bits per heavy atom. The van der Waals surface area contributed by atoms with Gasteiger partial charge in [0, 0.05) is 0 Å². The molecule has 4 heteroatoms. The summed E-state index contributed by atoms with van der Waals surface area (Å²) >= 11 is 0. The van der Waals surface area contributed by atoms with Crippen LogP contribution in [-0.4, -0.2) is 19.2 Å². The Labute approximate surface area is 107 Å². The number of hydrogen-bond donors (Lipinski definition) is 0. The molecule has 0 saturated heterocycles. The molecule has 0 aliphatic heterocycles. The lowest BCUT2D eigenvalue weighted by Gasteiger charge is -2.05. The van der Waals surface area contributed by atoms with Gasteiger partial charge < -0.3 is 14.2 Å². The highest BCUT2D eigenvalue weighted by Gasteiger charge is 2.04. The van der Waals surface area contributed by atoms with Crippen molar-refractivity contribution in [2.24, 2.45) is 0 Å². The number of carbonyl (C=O) groups excluding carboxylic acids is 1. The molecule has 0 aromatic heterocycles. The van der Waals surface area contributed by atoms with E-state index in [-0.39, 0.29) is 5.97 Å². The smallest absolute Gasteiger partial charge is 0.336 e. The molecule has 0 unspecified atom stereocenters. The van der Waals surface area contributed by atoms with Gasteiger partial charge in [0.1, 0.15) is 17.8 Å². The van der Waals surface area contributed by atoms with E-state index >= 15 is 0 Å². The number of carbonyl (C=O) groups is 1. The van der Waals surface area contributed by atoms with Crippen LogP contribution in [0, 0.1) is 0 Å². The molecule has 1 aromatic rings. The summed E-state index contributed by atoms with van der Waals surface area (Å²) in [6.45, 7) is 6.32. The van der Waals surface area contributed by atoms with E-state index in [1.165, 1.54) is 6.26 Å². The van der Waals surface area contributed by atoms with Crippen molar-refractivity contribution in [2.75, 3.05) is 13.2 Å². The van der Waals surface area contributed by atoms with Gasteiger partial charge in [0.05, 0.1) is 18.8 Å². The van der Waals surface area contributed by atoms with Gasteiger partial charge >= 0.3 is 5.97 Å². The minimum atomic E-state index is -0.372. The van der Waals surface area contributed by atoms with Gasteiger partial charge in [-0.2, -0.15) is 0 Å². The Hall–Kier alpha value is -1.97. The molecule has 0 aliphatic rings. The topological polar surface area (TPSA) is 44.8 Å². The van der Waals surface area contributed by atoms with E-state index in [1.54, 1.807) is 26.0 Å². The highest BCUT2D eigenvalue weighted by Crippen LogP contribution is 2.18. The van der Waals surface area contributed by atoms with Gasteiger partial charge in [-0.3, -0.25) is 0 Å². The van der Waals surface area contributed by atoms with Gasteiger partial charge in [-0.05, 0) is 45.0 Å². The number of ether oxygens (including phenoxy) is 3. The van der Waals surface area contributed by atoms with Crippen LogP contribution in [0.5, 0.6) is 11.5 Å². The fourth-order valence-electron chi connectivity index (χ4n) is 1.23. The Kier molecular flexibility index (Phi) is 5.77. The predicted octanol–water partition coefficient (Wildman–Crippen LogP) is 2.93. The zero-order valence-corrected chi connectivity index (χ0v) is 10.9. The second kappa shape index (κ2) is 7.37. The fraction of sp³-hybridized carbons (Fsp3) is 0.357. The lowest BCUT2D eigenvalue weighted by atomic mass is 10.3. The van der Waals surface area contributed by atoms with E-state index in [0.717, 1.165) is 5.75 Å². The first kappa shape index (κ1) is 14.1. The zero-order chi connectivity index (χ0) is 13.4. The van der Waals surface area contributed by atoms with Crippen LogP contribution in [0.25, 0.3) is 0 Å². The molecule has 0 spiro atoms. The fourth-order valence-corrected chi connectivity index (χ4v) is 1.23. The molecule has 0 radical (unpaired) electrons. The third kappa shape index (κ3) is 4.49. The van der Waals surface area contributed by atoms with Crippen LogP contribution < -0.4 is 9.47 Å². The SMILES string of the molecule is CCOC(=O)/C(C)=C\Oc1ccc(OCC)cc1. The van der Waals surface area contributed by atoms with Crippen molar-refractivity contribution in [3.63, 3.8) is 0 Å². The van der Waals surface area contributed by atoms with Gasteiger partial charge in [0.15, 0.2) is 0 Å². The van der Waals surface area contributed by atoms with E-state index in [9.17, 15) is 4.79 Å². The van der Waals surface area contributed by atoms with Crippen LogP contribution in [0.1, 0.15) is 20.8 Å². The standard InChI is InChI=1S/C14H18O4/c1-4-16-12-6-8-13(9-7-12)18-10-11(3)14(15)17-5-2/h6-10H,4-5H2,1-3H3/b11-10-. The molecule has 0 heterocycles. The summed E-state index contributed by atoms with van der Waals surface area (Å²) < 4.78 is 15.5. The van der Waals surface area contributed by atoms with Crippen LogP contribution >= 0.6 is 0 Å². The maximum absolute atomic E-state index is 11.3. The second-order valence-corrected chi connectivity index (χ2v) is 3.54. The van der Waals surface area contributed by atoms with Crippen molar-refractivity contribution in [1.82, 2.24) is 0 Å². The molecule has 0 fully saturated rings. The first-order chi connectivity index (χ1) is 8.67. The molecule has 98 valence electrons. The number of hydrogen-bond acceptors (Lipinski definition) is 4. The molecule has 4 nitrogen and oxygen atoms in total. The molecule has 1 aromatic carbocycles. The van der Waals surface area contributed by atoms with Gasteiger partial charge in [-0.15, -0.1) is 0 Å². The predicted molar refractivity (Wildman–Crippen MR) is 68.6 cm³/mol. The summed E-state index contributed by atoms with van der Waals surface area (Å²) in [6, 6.07) is 7.18. The molecule has 0 N–H and O–H groups in total. The first-order valence-electron chi connectivity index (χ1n) is 5.90. The monoisotopic (exact) mass is 250 g/mol. The van der Waals surface area contributed by atoms with E-state index in [4.69, 9.17) is 14.2 Å². The zero-order valence-electron chi connectivity index (χ0n) is 10.9. The quantitative estimate of drug-likeness (QED) is 0.442. The molecular formula is C14H18O4. The molecule has 1 rings (SSSR count). The van der Waals surface area contributed by atoms with Crippen molar-refractivity contribution in [3.8, 4) is 11.5 Å². The second-order valence-electron chi connectivity index (χ2n) is 3.54. The van der Waals surface area contributed by atoms with Gasteiger partial charge in [0.2, 0.25) is 0 Å². The van der Waals surface area contributed by atoms with Crippen LogP contribution in [0.15, 0.2) is 36.1 Å². The van der Waals surface area contributed by atoms with Crippen LogP contribution in [0.2, 0.25) is 0 Å². The third-order valence-corrected chi connectivity index (χ3v) is 2.10. The molecule has 0 atom stereocenters. The van der Waals surface area contributed by atoms with E-state index in [2.05, 4.69) is 0 Å². The largest absolute Gasteiger partial charge is 0.494 e. The molecule has 0 saturated carbocycles. The molecule has 0 amide bonds. The summed E-state index contributed by atoms with van der Waals surface area (Å²) in [4.78, 5) is 11.3. The summed E-state index contributed by atoms with van der Waals surface area (Å²) in [5.74, 6) is 1.06. The van der Waals surface area contributed by atoms with Crippen molar-refractivity contribution in [3.05, 3.63) is 36.1 Å². The molecule has 18 heavy (non-hydrogen) atoms. The normalized spacial score (nSPS) is 10.9. The van der Waals surface area contributed by atoms with Crippen molar-refractivity contribution in [1.29, 1.82) is 0 Å². The highest BCUT2D eigenvalue weighted by molar-refractivity contribution is 5.87. The van der Waals surface area contributed by atoms with E-state index in [1.807, 2.05) is 19.1 Å². The average molecular weight is 250 g/mol.